The van der Waals surface area contributed by atoms with Crippen molar-refractivity contribution in [3.63, 3.8) is 0 Å². The number of para-hydroxylation sites is 4. The molecule has 1 aliphatic carbocycles. The van der Waals surface area contributed by atoms with Crippen LogP contribution < -0.4 is 10.6 Å². The van der Waals surface area contributed by atoms with Gasteiger partial charge in [0.15, 0.2) is 0 Å². The second kappa shape index (κ2) is 7.36. The van der Waals surface area contributed by atoms with E-state index < -0.39 is 0 Å². The highest BCUT2D eigenvalue weighted by atomic mass is 15.3. The van der Waals surface area contributed by atoms with Crippen LogP contribution in [0.3, 0.4) is 0 Å². The third-order valence-electron chi connectivity index (χ3n) is 9.54. The van der Waals surface area contributed by atoms with Crippen molar-refractivity contribution < 1.29 is 0 Å². The first-order valence-corrected chi connectivity index (χ1v) is 14.2. The highest BCUT2D eigenvalue weighted by Crippen LogP contribution is 2.57. The Hall–Kier alpha value is -4.96. The molecule has 4 nitrogen and oxygen atoms in total. The number of benzene rings is 5. The number of anilines is 2. The standard InChI is InChI=1S/C36H26N4/c1-2-11-22(12-3-1)39-28-17-9-6-14-24(28)31-29(39)18-19-30-33(31)32-23-13-5-4-10-21(23)20-25-34-36(40(30)35(25)32)38-27-16-8-7-15-26(27)37-34/h1-19,25,34,36-38H,20H2. The Labute approximate surface area is 231 Å². The lowest BCUT2D eigenvalue weighted by atomic mass is 9.78. The van der Waals surface area contributed by atoms with E-state index in [4.69, 9.17) is 0 Å². The summed E-state index contributed by atoms with van der Waals surface area (Å²) in [5, 5.41) is 12.0. The molecule has 0 fully saturated rings. The van der Waals surface area contributed by atoms with Crippen molar-refractivity contribution in [3.05, 3.63) is 127 Å². The van der Waals surface area contributed by atoms with E-state index >= 15 is 0 Å². The first kappa shape index (κ1) is 20.9. The summed E-state index contributed by atoms with van der Waals surface area (Å²) in [7, 11) is 0. The van der Waals surface area contributed by atoms with Crippen LogP contribution in [0.5, 0.6) is 0 Å². The number of fused-ring (bicyclic) bond motifs is 13. The topological polar surface area (TPSA) is 33.9 Å². The van der Waals surface area contributed by atoms with Crippen molar-refractivity contribution in [1.29, 1.82) is 0 Å². The van der Waals surface area contributed by atoms with Crippen LogP contribution in [0.15, 0.2) is 115 Å². The first-order chi connectivity index (χ1) is 19.9. The van der Waals surface area contributed by atoms with E-state index in [0.29, 0.717) is 12.0 Å². The largest absolute Gasteiger partial charge is 0.376 e. The van der Waals surface area contributed by atoms with E-state index in [1.165, 1.54) is 72.2 Å². The molecule has 2 N–H and O–H groups in total. The van der Waals surface area contributed by atoms with Crippen LogP contribution in [0.25, 0.3) is 49.5 Å². The van der Waals surface area contributed by atoms with Gasteiger partial charge >= 0.3 is 0 Å². The second-order valence-corrected chi connectivity index (χ2v) is 11.4. The Bertz CT molecular complexity index is 2170. The monoisotopic (exact) mass is 514 g/mol. The molecule has 0 radical (unpaired) electrons. The number of hydrogen-bond donors (Lipinski definition) is 2. The van der Waals surface area contributed by atoms with Gasteiger partial charge in [-0.3, -0.25) is 0 Å². The van der Waals surface area contributed by atoms with Crippen molar-refractivity contribution in [3.8, 4) is 16.8 Å². The molecule has 4 heterocycles. The second-order valence-electron chi connectivity index (χ2n) is 11.4. The average Bonchev–Trinajstić information content (AvgIpc) is 3.64. The third kappa shape index (κ3) is 2.48. The van der Waals surface area contributed by atoms with Crippen molar-refractivity contribution in [1.82, 2.24) is 9.13 Å². The Balaban J connectivity index is 1.37. The molecule has 3 aliphatic rings. The summed E-state index contributed by atoms with van der Waals surface area (Å²) in [6.07, 6.45) is 1.20. The van der Waals surface area contributed by atoms with Crippen molar-refractivity contribution >= 4 is 44.1 Å². The quantitative estimate of drug-likeness (QED) is 0.230. The maximum absolute atomic E-state index is 3.95. The summed E-state index contributed by atoms with van der Waals surface area (Å²) in [6.45, 7) is 0. The van der Waals surface area contributed by atoms with Crippen LogP contribution in [0.4, 0.5) is 11.4 Å². The van der Waals surface area contributed by atoms with Gasteiger partial charge in [0.1, 0.15) is 6.17 Å². The molecule has 0 saturated heterocycles. The van der Waals surface area contributed by atoms with Gasteiger partial charge in [0.2, 0.25) is 0 Å². The molecular formula is C36H26N4. The van der Waals surface area contributed by atoms with Gasteiger partial charge in [-0.05, 0) is 60.0 Å². The van der Waals surface area contributed by atoms with Gasteiger partial charge in [0, 0.05) is 39.0 Å². The van der Waals surface area contributed by atoms with Crippen LogP contribution in [-0.2, 0) is 6.42 Å². The number of rotatable bonds is 1. The van der Waals surface area contributed by atoms with E-state index in [-0.39, 0.29) is 6.17 Å². The highest BCUT2D eigenvalue weighted by molar-refractivity contribution is 6.25. The molecule has 40 heavy (non-hydrogen) atoms. The molecule has 190 valence electrons. The van der Waals surface area contributed by atoms with Gasteiger partial charge in [0.05, 0.1) is 34.0 Å². The Kier molecular flexibility index (Phi) is 3.85. The molecule has 2 aliphatic heterocycles. The summed E-state index contributed by atoms with van der Waals surface area (Å²) >= 11 is 0. The Morgan fingerprint density at radius 1 is 0.600 bits per heavy atom. The third-order valence-corrected chi connectivity index (χ3v) is 9.54. The maximum atomic E-state index is 3.95. The predicted octanol–water partition coefficient (Wildman–Crippen LogP) is 8.46. The van der Waals surface area contributed by atoms with Gasteiger partial charge in [-0.2, -0.15) is 0 Å². The van der Waals surface area contributed by atoms with Gasteiger partial charge < -0.3 is 19.8 Å². The van der Waals surface area contributed by atoms with E-state index in [2.05, 4.69) is 135 Å². The minimum Gasteiger partial charge on any atom is -0.376 e. The van der Waals surface area contributed by atoms with Crippen molar-refractivity contribution in [2.75, 3.05) is 10.6 Å². The SMILES string of the molecule is c1ccc(-n2c3ccccc3c3c4c5c6n(c4ccc32)C2Nc3ccccc3NC2C6Cc2ccccc2-5)cc1. The molecule has 7 aromatic rings. The fourth-order valence-electron chi connectivity index (χ4n) is 8.03. The van der Waals surface area contributed by atoms with E-state index in [1.807, 2.05) is 0 Å². The van der Waals surface area contributed by atoms with Crippen LogP contribution in [-0.4, -0.2) is 15.2 Å². The molecule has 4 heteroatoms. The highest BCUT2D eigenvalue weighted by Gasteiger charge is 2.48. The van der Waals surface area contributed by atoms with Crippen LogP contribution >= 0.6 is 0 Å². The Morgan fingerprint density at radius 2 is 1.32 bits per heavy atom. The molecule has 2 aromatic heterocycles. The molecule has 10 rings (SSSR count). The molecule has 3 atom stereocenters. The minimum atomic E-state index is 0.153. The molecule has 0 spiro atoms. The van der Waals surface area contributed by atoms with Crippen LogP contribution in [0.2, 0.25) is 0 Å². The summed E-state index contributed by atoms with van der Waals surface area (Å²) < 4.78 is 5.07. The fourth-order valence-corrected chi connectivity index (χ4v) is 8.03. The lowest BCUT2D eigenvalue weighted by Gasteiger charge is -2.36. The lowest BCUT2D eigenvalue weighted by Crippen LogP contribution is -2.38. The summed E-state index contributed by atoms with van der Waals surface area (Å²) in [4.78, 5) is 0. The number of aromatic nitrogens is 2. The number of nitrogens with one attached hydrogen (secondary N) is 2. The van der Waals surface area contributed by atoms with Gasteiger partial charge in [-0.15, -0.1) is 0 Å². The minimum absolute atomic E-state index is 0.153. The van der Waals surface area contributed by atoms with Crippen LogP contribution in [0.1, 0.15) is 23.3 Å². The summed E-state index contributed by atoms with van der Waals surface area (Å²) in [5.41, 5.74) is 13.1. The van der Waals surface area contributed by atoms with E-state index in [1.54, 1.807) is 0 Å². The fraction of sp³-hybridized carbons (Fsp3) is 0.111. The maximum Gasteiger partial charge on any atom is 0.125 e. The molecule has 5 aromatic carbocycles. The van der Waals surface area contributed by atoms with Gasteiger partial charge in [-0.1, -0.05) is 72.8 Å². The molecular weight excluding hydrogens is 488 g/mol. The number of hydrogen-bond acceptors (Lipinski definition) is 2. The average molecular weight is 515 g/mol. The van der Waals surface area contributed by atoms with Gasteiger partial charge in [0.25, 0.3) is 0 Å². The Morgan fingerprint density at radius 3 is 2.23 bits per heavy atom. The number of nitrogens with zero attached hydrogens (tertiary/aromatic N) is 2. The zero-order valence-electron chi connectivity index (χ0n) is 21.8. The molecule has 0 bridgehead atoms. The predicted molar refractivity (Wildman–Crippen MR) is 165 cm³/mol. The first-order valence-electron chi connectivity index (χ1n) is 14.2. The zero-order valence-corrected chi connectivity index (χ0v) is 21.8. The summed E-state index contributed by atoms with van der Waals surface area (Å²) in [6, 6.07) is 42.4. The lowest BCUT2D eigenvalue weighted by molar-refractivity contribution is 0.498. The van der Waals surface area contributed by atoms with Crippen molar-refractivity contribution in [2.45, 2.75) is 24.5 Å². The molecule has 0 saturated carbocycles. The normalized spacial score (nSPS) is 20.1. The van der Waals surface area contributed by atoms with Gasteiger partial charge in [-0.25, -0.2) is 0 Å². The van der Waals surface area contributed by atoms with E-state index in [9.17, 15) is 0 Å². The molecule has 3 unspecified atom stereocenters. The molecule has 0 amide bonds. The summed E-state index contributed by atoms with van der Waals surface area (Å²) in [5.74, 6) is 0.390. The van der Waals surface area contributed by atoms with E-state index in [0.717, 1.165) is 6.42 Å². The van der Waals surface area contributed by atoms with Crippen LogP contribution in [0, 0.1) is 0 Å². The smallest absolute Gasteiger partial charge is 0.125 e. The zero-order chi connectivity index (χ0) is 25.9. The van der Waals surface area contributed by atoms with Crippen molar-refractivity contribution in [2.24, 2.45) is 0 Å².